The highest BCUT2D eigenvalue weighted by atomic mass is 32.2. The number of hydrogen-bond donors (Lipinski definition) is 2. The molecule has 0 aromatic heterocycles. The van der Waals surface area contributed by atoms with Crippen LogP contribution in [0.1, 0.15) is 5.56 Å². The van der Waals surface area contributed by atoms with Gasteiger partial charge in [-0.05, 0) is 17.7 Å². The predicted octanol–water partition coefficient (Wildman–Crippen LogP) is 2.13. The third kappa shape index (κ3) is 2.91. The van der Waals surface area contributed by atoms with Gasteiger partial charge in [0.05, 0.1) is 9.83 Å². The Labute approximate surface area is 118 Å². The normalized spacial score (nSPS) is 16.6. The van der Waals surface area contributed by atoms with Gasteiger partial charge < -0.3 is 10.6 Å². The molecule has 0 radical (unpaired) electrons. The van der Waals surface area contributed by atoms with Crippen molar-refractivity contribution in [2.45, 2.75) is 0 Å². The third-order valence-electron chi connectivity index (χ3n) is 2.43. The van der Waals surface area contributed by atoms with Crippen LogP contribution in [-0.2, 0) is 4.79 Å². The molecule has 6 nitrogen and oxygen atoms in total. The molecule has 2 N–H and O–H groups in total. The van der Waals surface area contributed by atoms with Crippen LogP contribution in [0, 0.1) is 10.1 Å². The van der Waals surface area contributed by atoms with E-state index in [1.54, 1.807) is 25.3 Å². The van der Waals surface area contributed by atoms with Gasteiger partial charge in [0, 0.05) is 13.1 Å². The third-order valence-corrected chi connectivity index (χ3v) is 3.59. The van der Waals surface area contributed by atoms with Crippen LogP contribution in [0.4, 0.5) is 11.4 Å². The molecule has 1 aromatic carbocycles. The first-order valence-electron chi connectivity index (χ1n) is 5.22. The number of rotatable bonds is 3. The smallest absolute Gasteiger partial charge is 0.292 e. The quantitative estimate of drug-likeness (QED) is 0.384. The summed E-state index contributed by atoms with van der Waals surface area (Å²) in [6.45, 7) is 0. The molecule has 1 heterocycles. The van der Waals surface area contributed by atoms with Crippen molar-refractivity contribution < 1.29 is 9.72 Å². The van der Waals surface area contributed by atoms with E-state index in [0.29, 0.717) is 20.5 Å². The number of anilines is 1. The number of thiocarbonyl (C=S) groups is 1. The van der Waals surface area contributed by atoms with E-state index in [9.17, 15) is 14.9 Å². The van der Waals surface area contributed by atoms with Crippen LogP contribution in [0.3, 0.4) is 0 Å². The number of nitrogens with zero attached hydrogens (tertiary/aromatic N) is 1. The molecule has 0 aliphatic carbocycles. The second-order valence-corrected chi connectivity index (χ2v) is 5.35. The van der Waals surface area contributed by atoms with Crippen molar-refractivity contribution in [3.05, 3.63) is 38.8 Å². The fourth-order valence-electron chi connectivity index (χ4n) is 1.57. The van der Waals surface area contributed by atoms with E-state index in [1.165, 1.54) is 6.07 Å². The van der Waals surface area contributed by atoms with Crippen molar-refractivity contribution in [2.75, 3.05) is 12.4 Å². The number of thioether (sulfide) groups is 1. The van der Waals surface area contributed by atoms with Crippen molar-refractivity contribution in [1.29, 1.82) is 0 Å². The Bertz CT molecular complexity index is 613. The molecule has 19 heavy (non-hydrogen) atoms. The Morgan fingerprint density at radius 2 is 2.26 bits per heavy atom. The average molecular weight is 295 g/mol. The van der Waals surface area contributed by atoms with E-state index >= 15 is 0 Å². The molecule has 8 heteroatoms. The van der Waals surface area contributed by atoms with Crippen molar-refractivity contribution in [3.8, 4) is 0 Å². The molecule has 0 bridgehead atoms. The number of carbonyl (C=O) groups excluding carboxylic acids is 1. The van der Waals surface area contributed by atoms with Crippen LogP contribution in [0.15, 0.2) is 23.1 Å². The fourth-order valence-corrected chi connectivity index (χ4v) is 2.62. The lowest BCUT2D eigenvalue weighted by Gasteiger charge is -2.03. The summed E-state index contributed by atoms with van der Waals surface area (Å²) in [5.74, 6) is -0.282. The van der Waals surface area contributed by atoms with Gasteiger partial charge in [0.25, 0.3) is 11.6 Å². The van der Waals surface area contributed by atoms with E-state index in [2.05, 4.69) is 10.6 Å². The molecule has 1 aliphatic heterocycles. The van der Waals surface area contributed by atoms with E-state index in [1.807, 2.05) is 0 Å². The largest absolute Gasteiger partial charge is 0.383 e. The lowest BCUT2D eigenvalue weighted by molar-refractivity contribution is -0.383. The van der Waals surface area contributed by atoms with Gasteiger partial charge in [-0.1, -0.05) is 30.0 Å². The summed E-state index contributed by atoms with van der Waals surface area (Å²) in [5, 5.41) is 16.2. The number of nitro benzene ring substituents is 1. The lowest BCUT2D eigenvalue weighted by Crippen LogP contribution is -2.17. The van der Waals surface area contributed by atoms with Crippen molar-refractivity contribution in [3.63, 3.8) is 0 Å². The maximum absolute atomic E-state index is 11.5. The van der Waals surface area contributed by atoms with Crippen molar-refractivity contribution in [1.82, 2.24) is 5.32 Å². The molecular weight excluding hydrogens is 286 g/mol. The van der Waals surface area contributed by atoms with Gasteiger partial charge in [-0.3, -0.25) is 14.9 Å². The molecule has 1 amide bonds. The Hall–Kier alpha value is -1.93. The summed E-state index contributed by atoms with van der Waals surface area (Å²) in [7, 11) is 1.61. The zero-order chi connectivity index (χ0) is 14.0. The Kier molecular flexibility index (Phi) is 3.82. The van der Waals surface area contributed by atoms with Gasteiger partial charge in [-0.2, -0.15) is 0 Å². The number of carbonyl (C=O) groups is 1. The minimum Gasteiger partial charge on any atom is -0.383 e. The van der Waals surface area contributed by atoms with Crippen molar-refractivity contribution >= 4 is 51.7 Å². The average Bonchev–Trinajstić information content (AvgIpc) is 2.67. The molecule has 0 unspecified atom stereocenters. The van der Waals surface area contributed by atoms with Gasteiger partial charge in [0.2, 0.25) is 0 Å². The number of nitro groups is 1. The number of hydrogen-bond acceptors (Lipinski definition) is 6. The molecule has 1 aliphatic rings. The molecule has 0 saturated carbocycles. The van der Waals surface area contributed by atoms with Gasteiger partial charge in [0.15, 0.2) is 0 Å². The minimum atomic E-state index is -0.472. The van der Waals surface area contributed by atoms with Crippen LogP contribution in [0.2, 0.25) is 0 Å². The first kappa shape index (κ1) is 13.5. The molecule has 0 spiro atoms. The van der Waals surface area contributed by atoms with Crippen LogP contribution >= 0.6 is 24.0 Å². The summed E-state index contributed by atoms with van der Waals surface area (Å²) in [6.07, 6.45) is 1.58. The van der Waals surface area contributed by atoms with Gasteiger partial charge in [-0.15, -0.1) is 0 Å². The monoisotopic (exact) mass is 295 g/mol. The molecule has 1 saturated heterocycles. The van der Waals surface area contributed by atoms with E-state index in [0.717, 1.165) is 11.8 Å². The van der Waals surface area contributed by atoms with Gasteiger partial charge >= 0.3 is 0 Å². The topological polar surface area (TPSA) is 84.3 Å². The molecular formula is C11H9N3O3S2. The van der Waals surface area contributed by atoms with Crippen LogP contribution in [0.5, 0.6) is 0 Å². The first-order chi connectivity index (χ1) is 9.01. The lowest BCUT2D eigenvalue weighted by atomic mass is 10.1. The van der Waals surface area contributed by atoms with E-state index in [4.69, 9.17) is 12.2 Å². The van der Waals surface area contributed by atoms with E-state index in [-0.39, 0.29) is 11.6 Å². The maximum atomic E-state index is 11.5. The summed E-state index contributed by atoms with van der Waals surface area (Å²) in [4.78, 5) is 22.4. The molecule has 1 fully saturated rings. The molecule has 98 valence electrons. The molecule has 2 rings (SSSR count). The highest BCUT2D eigenvalue weighted by Gasteiger charge is 2.22. The number of amides is 1. The Balaban J connectivity index is 2.39. The maximum Gasteiger partial charge on any atom is 0.292 e. The van der Waals surface area contributed by atoms with Gasteiger partial charge in [-0.25, -0.2) is 0 Å². The minimum absolute atomic E-state index is 0.0390. The summed E-state index contributed by atoms with van der Waals surface area (Å²) >= 11 is 6.01. The summed E-state index contributed by atoms with van der Waals surface area (Å²) in [5.41, 5.74) is 0.960. The SMILES string of the molecule is CNc1ccc(/C=C2/SC(=S)NC2=O)cc1[N+](=O)[O-]. The zero-order valence-corrected chi connectivity index (χ0v) is 11.4. The summed E-state index contributed by atoms with van der Waals surface area (Å²) in [6, 6.07) is 4.70. The molecule has 1 aromatic rings. The summed E-state index contributed by atoms with van der Waals surface area (Å²) < 4.78 is 0.387. The second-order valence-electron chi connectivity index (χ2n) is 3.64. The van der Waals surface area contributed by atoms with Crippen LogP contribution in [0.25, 0.3) is 6.08 Å². The van der Waals surface area contributed by atoms with Gasteiger partial charge in [0.1, 0.15) is 10.0 Å². The molecule has 0 atom stereocenters. The Morgan fingerprint density at radius 3 is 2.79 bits per heavy atom. The van der Waals surface area contributed by atoms with Crippen molar-refractivity contribution in [2.24, 2.45) is 0 Å². The second kappa shape index (κ2) is 5.37. The van der Waals surface area contributed by atoms with Crippen LogP contribution < -0.4 is 10.6 Å². The zero-order valence-electron chi connectivity index (χ0n) is 9.80. The number of nitrogens with one attached hydrogen (secondary N) is 2. The highest BCUT2D eigenvalue weighted by molar-refractivity contribution is 8.26. The van der Waals surface area contributed by atoms with Crippen LogP contribution in [-0.4, -0.2) is 22.2 Å². The highest BCUT2D eigenvalue weighted by Crippen LogP contribution is 2.29. The first-order valence-corrected chi connectivity index (χ1v) is 6.45. The fraction of sp³-hybridized carbons (Fsp3) is 0.0909. The van der Waals surface area contributed by atoms with E-state index < -0.39 is 4.92 Å². The number of benzene rings is 1. The predicted molar refractivity (Wildman–Crippen MR) is 79.0 cm³/mol. The Morgan fingerprint density at radius 1 is 1.53 bits per heavy atom. The standard InChI is InChI=1S/C11H9N3O3S2/c1-12-7-3-2-6(4-8(7)14(16)17)5-9-10(15)13-11(18)19-9/h2-5,12H,1H3,(H,13,15,18)/b9-5+.